The highest BCUT2D eigenvalue weighted by Gasteiger charge is 2.32. The summed E-state index contributed by atoms with van der Waals surface area (Å²) in [7, 11) is -1.60. The van der Waals surface area contributed by atoms with E-state index in [0.29, 0.717) is 18.1 Å². The van der Waals surface area contributed by atoms with Crippen LogP contribution in [-0.2, 0) is 23.0 Å². The first-order valence-electron chi connectivity index (χ1n) is 10.3. The molecule has 1 saturated heterocycles. The number of carbonyl (C=O) groups is 1. The first-order chi connectivity index (χ1) is 14.8. The minimum atomic E-state index is -3.67. The lowest BCUT2D eigenvalue weighted by Gasteiger charge is -2.33. The van der Waals surface area contributed by atoms with Crippen LogP contribution in [0.25, 0.3) is 10.9 Å². The van der Waals surface area contributed by atoms with E-state index in [4.69, 9.17) is 11.6 Å². The molecular formula is C21H24ClN5O3S. The third-order valence-corrected chi connectivity index (χ3v) is 8.17. The van der Waals surface area contributed by atoms with Crippen LogP contribution in [0, 0.1) is 0 Å². The maximum Gasteiger partial charge on any atom is 0.328 e. The second-order valence-corrected chi connectivity index (χ2v) is 10.6. The zero-order valence-corrected chi connectivity index (χ0v) is 18.8. The van der Waals surface area contributed by atoms with Crippen molar-refractivity contribution in [3.8, 4) is 0 Å². The van der Waals surface area contributed by atoms with Gasteiger partial charge in [0.2, 0.25) is 0 Å². The van der Waals surface area contributed by atoms with Gasteiger partial charge >= 0.3 is 6.03 Å². The Bertz CT molecular complexity index is 1260. The van der Waals surface area contributed by atoms with Crippen LogP contribution in [0.2, 0.25) is 5.02 Å². The number of piperazine rings is 1. The summed E-state index contributed by atoms with van der Waals surface area (Å²) < 4.78 is 29.3. The van der Waals surface area contributed by atoms with Crippen molar-refractivity contribution in [1.29, 1.82) is 0 Å². The van der Waals surface area contributed by atoms with E-state index in [-0.39, 0.29) is 24.1 Å². The number of amides is 1. The molecule has 2 aromatic heterocycles. The maximum atomic E-state index is 13.1. The van der Waals surface area contributed by atoms with Gasteiger partial charge in [0, 0.05) is 67.6 Å². The summed E-state index contributed by atoms with van der Waals surface area (Å²) in [6.45, 7) is 3.06. The van der Waals surface area contributed by atoms with Crippen LogP contribution in [0.3, 0.4) is 0 Å². The number of halogens is 1. The van der Waals surface area contributed by atoms with Crippen LogP contribution in [0.1, 0.15) is 11.1 Å². The third kappa shape index (κ3) is 3.76. The van der Waals surface area contributed by atoms with E-state index in [1.54, 1.807) is 33.7 Å². The van der Waals surface area contributed by atoms with E-state index >= 15 is 0 Å². The van der Waals surface area contributed by atoms with E-state index < -0.39 is 10.0 Å². The van der Waals surface area contributed by atoms with Crippen LogP contribution in [0.5, 0.6) is 0 Å². The number of H-pyrrole nitrogens is 1. The number of hydrogen-bond donors (Lipinski definition) is 1. The number of benzene rings is 1. The Morgan fingerprint density at radius 1 is 1.03 bits per heavy atom. The van der Waals surface area contributed by atoms with Crippen LogP contribution in [0.15, 0.2) is 41.7 Å². The number of likely N-dealkylation sites (N-methyl/N-ethyl adjacent to an activating group) is 1. The van der Waals surface area contributed by atoms with Gasteiger partial charge in [-0.15, -0.1) is 0 Å². The minimum Gasteiger partial charge on any atom is -0.345 e. The molecule has 0 unspecified atom stereocenters. The van der Waals surface area contributed by atoms with Crippen LogP contribution < -0.4 is 0 Å². The average Bonchev–Trinajstić information content (AvgIpc) is 3.37. The number of aromatic amines is 1. The SMILES string of the molecule is CN1CCc2cn(C(=O)N3CCN(S(=O)(=O)c4cc5cc(Cl)ccc5[nH]4)CC3)cc2C1. The highest BCUT2D eigenvalue weighted by Crippen LogP contribution is 2.25. The number of aromatic nitrogens is 2. The molecule has 8 nitrogen and oxygen atoms in total. The number of fused-ring (bicyclic) bond motifs is 2. The van der Waals surface area contributed by atoms with E-state index in [2.05, 4.69) is 16.9 Å². The molecule has 1 fully saturated rings. The molecule has 3 aromatic rings. The smallest absolute Gasteiger partial charge is 0.328 e. The van der Waals surface area contributed by atoms with Gasteiger partial charge in [-0.25, -0.2) is 13.2 Å². The fourth-order valence-corrected chi connectivity index (χ4v) is 5.95. The predicted molar refractivity (Wildman–Crippen MR) is 119 cm³/mol. The predicted octanol–water partition coefficient (Wildman–Crippen LogP) is 2.59. The van der Waals surface area contributed by atoms with Gasteiger partial charge in [0.05, 0.1) is 0 Å². The van der Waals surface area contributed by atoms with Gasteiger partial charge in [-0.2, -0.15) is 4.31 Å². The second-order valence-electron chi connectivity index (χ2n) is 8.24. The molecule has 164 valence electrons. The lowest BCUT2D eigenvalue weighted by molar-refractivity contribution is 0.173. The van der Waals surface area contributed by atoms with E-state index in [1.807, 2.05) is 12.4 Å². The molecule has 2 aliphatic heterocycles. The highest BCUT2D eigenvalue weighted by atomic mass is 35.5. The van der Waals surface area contributed by atoms with E-state index in [0.717, 1.165) is 30.4 Å². The minimum absolute atomic E-state index is 0.102. The van der Waals surface area contributed by atoms with E-state index in [1.165, 1.54) is 15.4 Å². The number of sulfonamides is 1. The third-order valence-electron chi connectivity index (χ3n) is 6.11. The second kappa shape index (κ2) is 7.67. The zero-order chi connectivity index (χ0) is 21.8. The zero-order valence-electron chi connectivity index (χ0n) is 17.2. The normalized spacial score (nSPS) is 18.5. The molecule has 10 heteroatoms. The fraction of sp³-hybridized carbons (Fsp3) is 0.381. The Morgan fingerprint density at radius 3 is 2.55 bits per heavy atom. The van der Waals surface area contributed by atoms with Gasteiger partial charge in [-0.1, -0.05) is 11.6 Å². The summed E-state index contributed by atoms with van der Waals surface area (Å²) in [5.74, 6) is 0. The molecule has 0 radical (unpaired) electrons. The van der Waals surface area contributed by atoms with Crippen LogP contribution in [0.4, 0.5) is 4.79 Å². The summed E-state index contributed by atoms with van der Waals surface area (Å²) in [5, 5.41) is 1.45. The lowest BCUT2D eigenvalue weighted by atomic mass is 10.1. The topological polar surface area (TPSA) is 81.7 Å². The Kier molecular flexibility index (Phi) is 5.09. The van der Waals surface area contributed by atoms with Gasteiger partial charge in [0.1, 0.15) is 5.03 Å². The molecule has 0 spiro atoms. The Hall–Kier alpha value is -2.33. The van der Waals surface area contributed by atoms with Crippen molar-refractivity contribution in [3.63, 3.8) is 0 Å². The summed E-state index contributed by atoms with van der Waals surface area (Å²) in [4.78, 5) is 19.9. The van der Waals surface area contributed by atoms with Gasteiger partial charge < -0.3 is 14.8 Å². The number of hydrogen-bond acceptors (Lipinski definition) is 4. The first kappa shape index (κ1) is 20.6. The molecule has 1 aromatic carbocycles. The molecule has 0 aliphatic carbocycles. The number of nitrogens with one attached hydrogen (secondary N) is 1. The Balaban J connectivity index is 1.28. The quantitative estimate of drug-likeness (QED) is 0.636. The van der Waals surface area contributed by atoms with Crippen molar-refractivity contribution >= 4 is 38.6 Å². The highest BCUT2D eigenvalue weighted by molar-refractivity contribution is 7.89. The van der Waals surface area contributed by atoms with Gasteiger partial charge in [-0.05, 0) is 48.9 Å². The van der Waals surface area contributed by atoms with Crippen molar-refractivity contribution in [3.05, 3.63) is 52.8 Å². The summed E-state index contributed by atoms with van der Waals surface area (Å²) in [6.07, 6.45) is 4.77. The van der Waals surface area contributed by atoms with Crippen molar-refractivity contribution in [2.75, 3.05) is 39.8 Å². The average molecular weight is 462 g/mol. The van der Waals surface area contributed by atoms with Crippen molar-refractivity contribution in [2.24, 2.45) is 0 Å². The molecule has 1 N–H and O–H groups in total. The molecule has 5 rings (SSSR count). The molecule has 4 heterocycles. The summed E-state index contributed by atoms with van der Waals surface area (Å²) in [6, 6.07) is 6.72. The maximum absolute atomic E-state index is 13.1. The molecule has 0 bridgehead atoms. The van der Waals surface area contributed by atoms with Gasteiger partial charge in [0.25, 0.3) is 10.0 Å². The van der Waals surface area contributed by atoms with Gasteiger partial charge in [0.15, 0.2) is 0 Å². The van der Waals surface area contributed by atoms with Crippen molar-refractivity contribution in [2.45, 2.75) is 18.0 Å². The largest absolute Gasteiger partial charge is 0.345 e. The van der Waals surface area contributed by atoms with E-state index in [9.17, 15) is 13.2 Å². The van der Waals surface area contributed by atoms with Crippen molar-refractivity contribution in [1.82, 2.24) is 23.7 Å². The monoisotopic (exact) mass is 461 g/mol. The lowest BCUT2D eigenvalue weighted by Crippen LogP contribution is -2.51. The van der Waals surface area contributed by atoms with Crippen molar-refractivity contribution < 1.29 is 13.2 Å². The molecule has 31 heavy (non-hydrogen) atoms. The molecule has 1 amide bonds. The number of rotatable bonds is 2. The Morgan fingerprint density at radius 2 is 1.77 bits per heavy atom. The van der Waals surface area contributed by atoms with Gasteiger partial charge in [-0.3, -0.25) is 4.57 Å². The molecule has 0 atom stereocenters. The summed E-state index contributed by atoms with van der Waals surface area (Å²) >= 11 is 6.01. The Labute approximate surface area is 186 Å². The molecule has 2 aliphatic rings. The molecular weight excluding hydrogens is 438 g/mol. The fourth-order valence-electron chi connectivity index (χ4n) is 4.34. The standard InChI is InChI=1S/C21H24ClN5O3S/c1-24-5-4-15-13-26(14-17(15)12-24)21(28)25-6-8-27(9-7-25)31(29,30)20-11-16-10-18(22)2-3-19(16)23-20/h2-3,10-11,13-14,23H,4-9,12H2,1H3. The first-order valence-corrected chi connectivity index (χ1v) is 12.1. The van der Waals surface area contributed by atoms with Crippen LogP contribution in [-0.4, -0.2) is 77.9 Å². The molecule has 0 saturated carbocycles. The van der Waals surface area contributed by atoms with Crippen LogP contribution >= 0.6 is 11.6 Å². The number of carbonyl (C=O) groups excluding carboxylic acids is 1. The summed E-state index contributed by atoms with van der Waals surface area (Å²) in [5.41, 5.74) is 3.12. The number of nitrogens with zero attached hydrogens (tertiary/aromatic N) is 4.